The lowest BCUT2D eigenvalue weighted by Crippen LogP contribution is -2.48. The van der Waals surface area contributed by atoms with Gasteiger partial charge in [-0.2, -0.15) is 0 Å². The van der Waals surface area contributed by atoms with Crippen molar-refractivity contribution in [2.45, 2.75) is 52.1 Å². The highest BCUT2D eigenvalue weighted by molar-refractivity contribution is 4.80. The molecule has 2 unspecified atom stereocenters. The van der Waals surface area contributed by atoms with Gasteiger partial charge in [0, 0.05) is 31.8 Å². The third-order valence-electron chi connectivity index (χ3n) is 4.07. The molecule has 1 rings (SSSR count). The number of hydrogen-bond donors (Lipinski definition) is 1. The molecule has 1 saturated heterocycles. The Bertz CT molecular complexity index is 193. The normalized spacial score (nSPS) is 21.7. The predicted molar refractivity (Wildman–Crippen MR) is 73.4 cm³/mol. The minimum atomic E-state index is 0.614. The largest absolute Gasteiger partial charge is 0.381 e. The number of nitrogens with one attached hydrogen (secondary N) is 1. The third-order valence-corrected chi connectivity index (χ3v) is 4.07. The lowest BCUT2D eigenvalue weighted by atomic mass is 9.98. The van der Waals surface area contributed by atoms with Gasteiger partial charge in [-0.25, -0.2) is 0 Å². The number of rotatable bonds is 7. The fourth-order valence-electron chi connectivity index (χ4n) is 2.73. The molecule has 0 saturated carbocycles. The van der Waals surface area contributed by atoms with Crippen LogP contribution in [-0.4, -0.2) is 50.3 Å². The van der Waals surface area contributed by atoms with Crippen LogP contribution in [-0.2, 0) is 4.74 Å². The van der Waals surface area contributed by atoms with Crippen LogP contribution >= 0.6 is 0 Å². The standard InChI is InChI=1S/C14H30N2O/c1-5-14(15-6-2)12(3)16(4)11-13-7-9-17-10-8-13/h12-15H,5-11H2,1-4H3. The Hall–Kier alpha value is -0.120. The first-order chi connectivity index (χ1) is 8.19. The summed E-state index contributed by atoms with van der Waals surface area (Å²) in [5.41, 5.74) is 0. The maximum absolute atomic E-state index is 5.42. The second-order valence-corrected chi connectivity index (χ2v) is 5.31. The van der Waals surface area contributed by atoms with Gasteiger partial charge in [0.25, 0.3) is 0 Å². The van der Waals surface area contributed by atoms with E-state index in [2.05, 4.69) is 38.0 Å². The predicted octanol–water partition coefficient (Wildman–Crippen LogP) is 2.12. The van der Waals surface area contributed by atoms with E-state index in [0.29, 0.717) is 12.1 Å². The lowest BCUT2D eigenvalue weighted by molar-refractivity contribution is 0.0486. The molecule has 17 heavy (non-hydrogen) atoms. The number of nitrogens with zero attached hydrogens (tertiary/aromatic N) is 1. The van der Waals surface area contributed by atoms with Crippen molar-refractivity contribution in [3.05, 3.63) is 0 Å². The summed E-state index contributed by atoms with van der Waals surface area (Å²) in [6.07, 6.45) is 3.66. The molecule has 1 aliphatic rings. The fourth-order valence-corrected chi connectivity index (χ4v) is 2.73. The van der Waals surface area contributed by atoms with Crippen LogP contribution in [0.1, 0.15) is 40.0 Å². The van der Waals surface area contributed by atoms with Crippen LogP contribution in [0.2, 0.25) is 0 Å². The maximum Gasteiger partial charge on any atom is 0.0469 e. The Morgan fingerprint density at radius 3 is 2.47 bits per heavy atom. The summed E-state index contributed by atoms with van der Waals surface area (Å²) in [6, 6.07) is 1.23. The van der Waals surface area contributed by atoms with Gasteiger partial charge >= 0.3 is 0 Å². The van der Waals surface area contributed by atoms with Crippen molar-refractivity contribution in [2.24, 2.45) is 5.92 Å². The number of ether oxygens (including phenoxy) is 1. The molecule has 2 atom stereocenters. The molecule has 0 aromatic rings. The monoisotopic (exact) mass is 242 g/mol. The first-order valence-electron chi connectivity index (χ1n) is 7.20. The van der Waals surface area contributed by atoms with E-state index in [4.69, 9.17) is 4.74 Å². The fraction of sp³-hybridized carbons (Fsp3) is 1.00. The molecular weight excluding hydrogens is 212 g/mol. The van der Waals surface area contributed by atoms with Crippen molar-refractivity contribution in [3.63, 3.8) is 0 Å². The van der Waals surface area contributed by atoms with E-state index >= 15 is 0 Å². The van der Waals surface area contributed by atoms with E-state index in [1.165, 1.54) is 25.8 Å². The van der Waals surface area contributed by atoms with Gasteiger partial charge in [-0.1, -0.05) is 13.8 Å². The summed E-state index contributed by atoms with van der Waals surface area (Å²) in [7, 11) is 2.26. The first kappa shape index (κ1) is 14.9. The van der Waals surface area contributed by atoms with Crippen molar-refractivity contribution >= 4 is 0 Å². The minimum absolute atomic E-state index is 0.614. The Morgan fingerprint density at radius 2 is 1.94 bits per heavy atom. The summed E-state index contributed by atoms with van der Waals surface area (Å²) in [4.78, 5) is 2.52. The van der Waals surface area contributed by atoms with Crippen LogP contribution in [0.15, 0.2) is 0 Å². The average molecular weight is 242 g/mol. The Kier molecular flexibility index (Phi) is 7.09. The average Bonchev–Trinajstić information content (AvgIpc) is 2.36. The highest BCUT2D eigenvalue weighted by atomic mass is 16.5. The molecule has 3 nitrogen and oxygen atoms in total. The van der Waals surface area contributed by atoms with E-state index < -0.39 is 0 Å². The Morgan fingerprint density at radius 1 is 1.29 bits per heavy atom. The van der Waals surface area contributed by atoms with Gasteiger partial charge in [0.05, 0.1) is 0 Å². The van der Waals surface area contributed by atoms with E-state index in [1.807, 2.05) is 0 Å². The van der Waals surface area contributed by atoms with Gasteiger partial charge in [0.1, 0.15) is 0 Å². The minimum Gasteiger partial charge on any atom is -0.381 e. The molecule has 3 heteroatoms. The summed E-state index contributed by atoms with van der Waals surface area (Å²) in [5.74, 6) is 0.829. The van der Waals surface area contributed by atoms with Crippen LogP contribution in [0.3, 0.4) is 0 Å². The zero-order valence-corrected chi connectivity index (χ0v) is 12.0. The molecule has 102 valence electrons. The van der Waals surface area contributed by atoms with Gasteiger partial charge in [-0.15, -0.1) is 0 Å². The van der Waals surface area contributed by atoms with Crippen molar-refractivity contribution in [2.75, 3.05) is 33.4 Å². The van der Waals surface area contributed by atoms with Crippen LogP contribution in [0.5, 0.6) is 0 Å². The highest BCUT2D eigenvalue weighted by Crippen LogP contribution is 2.17. The zero-order chi connectivity index (χ0) is 12.7. The summed E-state index contributed by atoms with van der Waals surface area (Å²) in [5, 5.41) is 3.58. The molecule has 1 N–H and O–H groups in total. The van der Waals surface area contributed by atoms with E-state index in [-0.39, 0.29) is 0 Å². The summed E-state index contributed by atoms with van der Waals surface area (Å²) >= 11 is 0. The SMILES string of the molecule is CCNC(CC)C(C)N(C)CC1CCOCC1. The molecule has 1 aliphatic heterocycles. The van der Waals surface area contributed by atoms with Gasteiger partial charge in [0.15, 0.2) is 0 Å². The van der Waals surface area contributed by atoms with Crippen molar-refractivity contribution in [1.29, 1.82) is 0 Å². The zero-order valence-electron chi connectivity index (χ0n) is 12.0. The lowest BCUT2D eigenvalue weighted by Gasteiger charge is -2.35. The quantitative estimate of drug-likeness (QED) is 0.740. The molecular formula is C14H30N2O. The van der Waals surface area contributed by atoms with Gasteiger partial charge in [-0.05, 0) is 45.7 Å². The van der Waals surface area contributed by atoms with E-state index in [0.717, 1.165) is 25.7 Å². The Labute approximate surface area is 107 Å². The molecule has 1 heterocycles. The molecule has 0 radical (unpaired) electrons. The first-order valence-corrected chi connectivity index (χ1v) is 7.20. The molecule has 0 aromatic carbocycles. The molecule has 0 aromatic heterocycles. The molecule has 0 aliphatic carbocycles. The van der Waals surface area contributed by atoms with Crippen LogP contribution < -0.4 is 5.32 Å². The summed E-state index contributed by atoms with van der Waals surface area (Å²) < 4.78 is 5.42. The van der Waals surface area contributed by atoms with Gasteiger partial charge in [-0.3, -0.25) is 0 Å². The molecule has 1 fully saturated rings. The number of hydrogen-bond acceptors (Lipinski definition) is 3. The third kappa shape index (κ3) is 4.94. The second kappa shape index (κ2) is 8.06. The van der Waals surface area contributed by atoms with Crippen molar-refractivity contribution in [1.82, 2.24) is 10.2 Å². The smallest absolute Gasteiger partial charge is 0.0469 e. The molecule has 0 spiro atoms. The van der Waals surface area contributed by atoms with Crippen LogP contribution in [0.4, 0.5) is 0 Å². The van der Waals surface area contributed by atoms with Crippen molar-refractivity contribution in [3.8, 4) is 0 Å². The molecule has 0 bridgehead atoms. The maximum atomic E-state index is 5.42. The van der Waals surface area contributed by atoms with Crippen LogP contribution in [0.25, 0.3) is 0 Å². The van der Waals surface area contributed by atoms with Gasteiger partial charge < -0.3 is 15.0 Å². The van der Waals surface area contributed by atoms with Crippen LogP contribution in [0, 0.1) is 5.92 Å². The highest BCUT2D eigenvalue weighted by Gasteiger charge is 2.22. The second-order valence-electron chi connectivity index (χ2n) is 5.31. The Balaban J connectivity index is 2.35. The van der Waals surface area contributed by atoms with E-state index in [1.54, 1.807) is 0 Å². The summed E-state index contributed by atoms with van der Waals surface area (Å²) in [6.45, 7) is 11.0. The topological polar surface area (TPSA) is 24.5 Å². The van der Waals surface area contributed by atoms with Gasteiger partial charge in [0.2, 0.25) is 0 Å². The van der Waals surface area contributed by atoms with E-state index in [9.17, 15) is 0 Å². The molecule has 0 amide bonds. The van der Waals surface area contributed by atoms with Crippen molar-refractivity contribution < 1.29 is 4.74 Å². The number of likely N-dealkylation sites (N-methyl/N-ethyl adjacent to an activating group) is 2.